The highest BCUT2D eigenvalue weighted by atomic mass is 16.7. The van der Waals surface area contributed by atoms with Crippen LogP contribution in [0.2, 0.25) is 0 Å². The lowest BCUT2D eigenvalue weighted by molar-refractivity contribution is 0.00578. The molecule has 1 saturated heterocycles. The minimum atomic E-state index is -0.925. The quantitative estimate of drug-likeness (QED) is 0.880. The highest BCUT2D eigenvalue weighted by Gasteiger charge is 2.51. The van der Waals surface area contributed by atoms with Crippen LogP contribution in [0.25, 0.3) is 11.1 Å². The maximum atomic E-state index is 11.1. The predicted molar refractivity (Wildman–Crippen MR) is 94.6 cm³/mol. The monoisotopic (exact) mass is 324 g/mol. The molecule has 24 heavy (non-hydrogen) atoms. The molecule has 5 heteroatoms. The van der Waals surface area contributed by atoms with Crippen LogP contribution >= 0.6 is 0 Å². The van der Waals surface area contributed by atoms with E-state index in [-0.39, 0.29) is 16.8 Å². The fourth-order valence-electron chi connectivity index (χ4n) is 2.64. The molecule has 0 aromatic heterocycles. The predicted octanol–water partition coefficient (Wildman–Crippen LogP) is 3.35. The van der Waals surface area contributed by atoms with E-state index < -0.39 is 13.1 Å². The topological polar surface area (TPSA) is 55.8 Å². The van der Waals surface area contributed by atoms with Gasteiger partial charge in [0.15, 0.2) is 0 Å². The third-order valence-electron chi connectivity index (χ3n) is 4.88. The molecule has 1 N–H and O–H groups in total. The lowest BCUT2D eigenvalue weighted by Crippen LogP contribution is -2.41. The molecule has 0 radical (unpaired) electrons. The van der Waals surface area contributed by atoms with Gasteiger partial charge in [0.25, 0.3) is 0 Å². The van der Waals surface area contributed by atoms with Crippen LogP contribution in [-0.2, 0) is 9.31 Å². The third-order valence-corrected chi connectivity index (χ3v) is 4.88. The van der Waals surface area contributed by atoms with Gasteiger partial charge in [-0.15, -0.1) is 0 Å². The van der Waals surface area contributed by atoms with E-state index in [0.717, 1.165) is 16.6 Å². The summed E-state index contributed by atoms with van der Waals surface area (Å²) in [4.78, 5) is 11.1. The molecule has 2 aromatic carbocycles. The zero-order valence-electron chi connectivity index (χ0n) is 14.4. The summed E-state index contributed by atoms with van der Waals surface area (Å²) in [5, 5.41) is 9.11. The number of hydrogen-bond acceptors (Lipinski definition) is 3. The van der Waals surface area contributed by atoms with E-state index in [9.17, 15) is 4.79 Å². The van der Waals surface area contributed by atoms with E-state index in [1.54, 1.807) is 18.2 Å². The Balaban J connectivity index is 1.84. The number of carboxylic acid groups (broad SMARTS) is 1. The largest absolute Gasteiger partial charge is 0.494 e. The first-order valence-corrected chi connectivity index (χ1v) is 7.99. The molecule has 1 heterocycles. The average Bonchev–Trinajstić information content (AvgIpc) is 2.76. The number of aromatic carboxylic acids is 1. The normalized spacial score (nSPS) is 18.6. The van der Waals surface area contributed by atoms with Crippen LogP contribution in [0.3, 0.4) is 0 Å². The molecule has 0 saturated carbocycles. The second-order valence-corrected chi connectivity index (χ2v) is 7.10. The molecule has 0 bridgehead atoms. The third kappa shape index (κ3) is 2.97. The van der Waals surface area contributed by atoms with Gasteiger partial charge in [-0.25, -0.2) is 4.79 Å². The van der Waals surface area contributed by atoms with Crippen molar-refractivity contribution in [3.05, 3.63) is 54.1 Å². The second-order valence-electron chi connectivity index (χ2n) is 7.10. The van der Waals surface area contributed by atoms with Crippen molar-refractivity contribution in [3.63, 3.8) is 0 Å². The number of hydrogen-bond donors (Lipinski definition) is 1. The summed E-state index contributed by atoms with van der Waals surface area (Å²) < 4.78 is 12.1. The zero-order chi connectivity index (χ0) is 17.5. The lowest BCUT2D eigenvalue weighted by Gasteiger charge is -2.32. The summed E-state index contributed by atoms with van der Waals surface area (Å²) in [5.74, 6) is -0.925. The molecule has 2 aromatic rings. The molecule has 1 fully saturated rings. The fraction of sp³-hybridized carbons (Fsp3) is 0.316. The Bertz CT molecular complexity index is 749. The van der Waals surface area contributed by atoms with Gasteiger partial charge in [-0.1, -0.05) is 36.4 Å². The standard InChI is InChI=1S/C19H21BO4/c1-18(2)19(3,4)24-20(23-18)16-10-8-13(9-11-16)14-6-5-7-15(12-14)17(21)22/h5-12H,1-4H3,(H,21,22). The van der Waals surface area contributed by atoms with Crippen molar-refractivity contribution in [2.24, 2.45) is 0 Å². The fourth-order valence-corrected chi connectivity index (χ4v) is 2.64. The van der Waals surface area contributed by atoms with Crippen LogP contribution in [0.4, 0.5) is 0 Å². The minimum Gasteiger partial charge on any atom is -0.478 e. The molecule has 1 aliphatic heterocycles. The highest BCUT2D eigenvalue weighted by Crippen LogP contribution is 2.36. The molecule has 0 atom stereocenters. The molecule has 0 aliphatic carbocycles. The molecule has 1 aliphatic rings. The Morgan fingerprint density at radius 3 is 2.04 bits per heavy atom. The summed E-state index contributed by atoms with van der Waals surface area (Å²) in [6.45, 7) is 8.11. The molecule has 0 unspecified atom stereocenters. The average molecular weight is 324 g/mol. The lowest BCUT2D eigenvalue weighted by atomic mass is 9.78. The van der Waals surface area contributed by atoms with Crippen molar-refractivity contribution in [2.45, 2.75) is 38.9 Å². The summed E-state index contributed by atoms with van der Waals surface area (Å²) in [6.07, 6.45) is 0. The number of benzene rings is 2. The van der Waals surface area contributed by atoms with E-state index in [1.807, 2.05) is 58.0 Å². The number of rotatable bonds is 3. The van der Waals surface area contributed by atoms with Gasteiger partial charge in [-0.2, -0.15) is 0 Å². The maximum Gasteiger partial charge on any atom is 0.494 e. The Labute approximate surface area is 142 Å². The van der Waals surface area contributed by atoms with Crippen molar-refractivity contribution >= 4 is 18.6 Å². The summed E-state index contributed by atoms with van der Waals surface area (Å²) >= 11 is 0. The Hall–Kier alpha value is -2.11. The van der Waals surface area contributed by atoms with E-state index >= 15 is 0 Å². The highest BCUT2D eigenvalue weighted by molar-refractivity contribution is 6.62. The summed E-state index contributed by atoms with van der Waals surface area (Å²) in [5.41, 5.74) is 2.32. The molecular formula is C19H21BO4. The van der Waals surface area contributed by atoms with Crippen molar-refractivity contribution in [2.75, 3.05) is 0 Å². The molecule has 0 spiro atoms. The summed E-state index contributed by atoms with van der Waals surface area (Å²) in [7, 11) is -0.394. The van der Waals surface area contributed by atoms with Gasteiger partial charge in [0.1, 0.15) is 0 Å². The van der Waals surface area contributed by atoms with Gasteiger partial charge in [0.05, 0.1) is 16.8 Å². The smallest absolute Gasteiger partial charge is 0.478 e. The second kappa shape index (κ2) is 5.76. The summed E-state index contributed by atoms with van der Waals surface area (Å²) in [6, 6.07) is 14.8. The van der Waals surface area contributed by atoms with Crippen LogP contribution in [-0.4, -0.2) is 29.4 Å². The SMILES string of the molecule is CC1(C)OB(c2ccc(-c3cccc(C(=O)O)c3)cc2)OC1(C)C. The first-order valence-electron chi connectivity index (χ1n) is 7.99. The van der Waals surface area contributed by atoms with E-state index in [0.29, 0.717) is 0 Å². The molecule has 3 rings (SSSR count). The Kier molecular flexibility index (Phi) is 4.02. The number of carbonyl (C=O) groups is 1. The number of carboxylic acids is 1. The van der Waals surface area contributed by atoms with Crippen molar-refractivity contribution in [1.29, 1.82) is 0 Å². The van der Waals surface area contributed by atoms with Crippen LogP contribution in [0.15, 0.2) is 48.5 Å². The molecule has 124 valence electrons. The minimum absolute atomic E-state index is 0.280. The van der Waals surface area contributed by atoms with Crippen molar-refractivity contribution < 1.29 is 19.2 Å². The van der Waals surface area contributed by atoms with Gasteiger partial charge in [-0.3, -0.25) is 0 Å². The van der Waals surface area contributed by atoms with Gasteiger partial charge in [-0.05, 0) is 56.4 Å². The van der Waals surface area contributed by atoms with E-state index in [1.165, 1.54) is 0 Å². The van der Waals surface area contributed by atoms with Crippen LogP contribution in [0.1, 0.15) is 38.1 Å². The Morgan fingerprint density at radius 2 is 1.50 bits per heavy atom. The Morgan fingerprint density at radius 1 is 0.917 bits per heavy atom. The zero-order valence-corrected chi connectivity index (χ0v) is 14.4. The van der Waals surface area contributed by atoms with Crippen LogP contribution in [0, 0.1) is 0 Å². The van der Waals surface area contributed by atoms with Crippen LogP contribution < -0.4 is 5.46 Å². The molecule has 0 amide bonds. The van der Waals surface area contributed by atoms with Crippen LogP contribution in [0.5, 0.6) is 0 Å². The molecule has 4 nitrogen and oxygen atoms in total. The van der Waals surface area contributed by atoms with Gasteiger partial charge >= 0.3 is 13.1 Å². The van der Waals surface area contributed by atoms with Gasteiger partial charge in [0, 0.05) is 0 Å². The van der Waals surface area contributed by atoms with Gasteiger partial charge in [0.2, 0.25) is 0 Å². The van der Waals surface area contributed by atoms with E-state index in [4.69, 9.17) is 14.4 Å². The van der Waals surface area contributed by atoms with Crippen molar-refractivity contribution in [1.82, 2.24) is 0 Å². The maximum absolute atomic E-state index is 11.1. The van der Waals surface area contributed by atoms with Crippen molar-refractivity contribution in [3.8, 4) is 11.1 Å². The first-order chi connectivity index (χ1) is 11.2. The first kappa shape index (κ1) is 16.7. The van der Waals surface area contributed by atoms with Gasteiger partial charge < -0.3 is 14.4 Å². The molecular weight excluding hydrogens is 303 g/mol. The van der Waals surface area contributed by atoms with E-state index in [2.05, 4.69) is 0 Å².